The van der Waals surface area contributed by atoms with Crippen LogP contribution in [0.3, 0.4) is 0 Å². The van der Waals surface area contributed by atoms with Gasteiger partial charge in [-0.2, -0.15) is 0 Å². The number of likely N-dealkylation sites (tertiary alicyclic amines) is 1. The molecule has 0 spiro atoms. The van der Waals surface area contributed by atoms with Gasteiger partial charge in [0.05, 0.1) is 6.61 Å². The Morgan fingerprint density at radius 3 is 2.40 bits per heavy atom. The van der Waals surface area contributed by atoms with Crippen molar-refractivity contribution >= 4 is 29.1 Å². The smallest absolute Gasteiger partial charge is 0.223 e. The predicted molar refractivity (Wildman–Crippen MR) is 123 cm³/mol. The van der Waals surface area contributed by atoms with Crippen LogP contribution in [0.5, 0.6) is 5.75 Å². The third kappa shape index (κ3) is 6.63. The van der Waals surface area contributed by atoms with E-state index in [9.17, 15) is 4.79 Å². The van der Waals surface area contributed by atoms with E-state index in [0.29, 0.717) is 23.2 Å². The molecule has 2 aromatic rings. The number of aryl methyl sites for hydroxylation is 1. The van der Waals surface area contributed by atoms with Crippen molar-refractivity contribution < 1.29 is 9.53 Å². The molecule has 0 atom stereocenters. The highest BCUT2D eigenvalue weighted by Gasteiger charge is 2.25. The third-order valence-electron chi connectivity index (χ3n) is 5.58. The van der Waals surface area contributed by atoms with E-state index in [2.05, 4.69) is 22.3 Å². The van der Waals surface area contributed by atoms with Crippen molar-refractivity contribution in [2.24, 2.45) is 5.92 Å². The van der Waals surface area contributed by atoms with Crippen LogP contribution in [-0.2, 0) is 17.8 Å². The molecule has 1 N–H and O–H groups in total. The quantitative estimate of drug-likeness (QED) is 0.525. The van der Waals surface area contributed by atoms with E-state index in [1.807, 2.05) is 37.3 Å². The van der Waals surface area contributed by atoms with E-state index >= 15 is 0 Å². The number of carbonyl (C=O) groups excluding carboxylic acids is 1. The largest absolute Gasteiger partial charge is 0.494 e. The molecule has 0 bridgehead atoms. The maximum atomic E-state index is 12.5. The number of piperidine rings is 1. The molecule has 1 heterocycles. The molecular formula is C24H30Cl2N2O2. The van der Waals surface area contributed by atoms with Gasteiger partial charge in [0, 0.05) is 34.6 Å². The molecular weight excluding hydrogens is 419 g/mol. The molecule has 0 radical (unpaired) electrons. The van der Waals surface area contributed by atoms with Crippen LogP contribution in [0.15, 0.2) is 42.5 Å². The minimum atomic E-state index is 0.0912. The highest BCUT2D eigenvalue weighted by Crippen LogP contribution is 2.27. The van der Waals surface area contributed by atoms with Gasteiger partial charge in [0.15, 0.2) is 0 Å². The van der Waals surface area contributed by atoms with Gasteiger partial charge in [0.25, 0.3) is 0 Å². The van der Waals surface area contributed by atoms with Crippen molar-refractivity contribution in [3.05, 3.63) is 63.6 Å². The number of nitrogens with zero attached hydrogens (tertiary/aromatic N) is 1. The minimum absolute atomic E-state index is 0.0912. The van der Waals surface area contributed by atoms with Gasteiger partial charge in [-0.3, -0.25) is 9.69 Å². The van der Waals surface area contributed by atoms with Crippen LogP contribution in [0, 0.1) is 5.92 Å². The van der Waals surface area contributed by atoms with Gasteiger partial charge in [-0.15, -0.1) is 0 Å². The van der Waals surface area contributed by atoms with Crippen molar-refractivity contribution in [3.8, 4) is 5.75 Å². The fraction of sp³-hybridized carbons (Fsp3) is 0.458. The molecule has 1 saturated heterocycles. The summed E-state index contributed by atoms with van der Waals surface area (Å²) in [6, 6.07) is 13.8. The van der Waals surface area contributed by atoms with Crippen LogP contribution < -0.4 is 10.1 Å². The zero-order valence-electron chi connectivity index (χ0n) is 17.5. The van der Waals surface area contributed by atoms with Gasteiger partial charge >= 0.3 is 0 Å². The second kappa shape index (κ2) is 11.6. The van der Waals surface area contributed by atoms with E-state index in [1.54, 1.807) is 0 Å². The molecule has 1 aliphatic heterocycles. The minimum Gasteiger partial charge on any atom is -0.494 e. The average molecular weight is 449 g/mol. The van der Waals surface area contributed by atoms with E-state index in [4.69, 9.17) is 27.9 Å². The van der Waals surface area contributed by atoms with Gasteiger partial charge in [-0.25, -0.2) is 0 Å². The second-order valence-electron chi connectivity index (χ2n) is 7.72. The Bertz CT molecular complexity index is 798. The molecule has 1 aliphatic rings. The van der Waals surface area contributed by atoms with E-state index in [0.717, 1.165) is 56.6 Å². The van der Waals surface area contributed by atoms with Crippen molar-refractivity contribution in [3.63, 3.8) is 0 Å². The van der Waals surface area contributed by atoms with E-state index in [-0.39, 0.29) is 11.8 Å². The van der Waals surface area contributed by atoms with Crippen LogP contribution in [0.1, 0.15) is 37.3 Å². The summed E-state index contributed by atoms with van der Waals surface area (Å²) in [4.78, 5) is 14.8. The fourth-order valence-corrected chi connectivity index (χ4v) is 4.34. The SMILES string of the molecule is CCOc1ccc(CCCNC(=O)C2CCN(Cc3c(Cl)cccc3Cl)CC2)cc1. The molecule has 1 amide bonds. The summed E-state index contributed by atoms with van der Waals surface area (Å²) in [7, 11) is 0. The maximum absolute atomic E-state index is 12.5. The molecule has 2 aromatic carbocycles. The fourth-order valence-electron chi connectivity index (χ4n) is 3.83. The maximum Gasteiger partial charge on any atom is 0.223 e. The number of ether oxygens (including phenoxy) is 1. The van der Waals surface area contributed by atoms with Gasteiger partial charge in [0.1, 0.15) is 5.75 Å². The van der Waals surface area contributed by atoms with Crippen molar-refractivity contribution in [2.45, 2.75) is 39.2 Å². The molecule has 30 heavy (non-hydrogen) atoms. The summed E-state index contributed by atoms with van der Waals surface area (Å²) in [6.07, 6.45) is 3.62. The molecule has 0 saturated carbocycles. The summed E-state index contributed by atoms with van der Waals surface area (Å²) in [5.74, 6) is 1.17. The van der Waals surface area contributed by atoms with Crippen LogP contribution in [0.2, 0.25) is 10.0 Å². The summed E-state index contributed by atoms with van der Waals surface area (Å²) < 4.78 is 5.46. The number of rotatable bonds is 9. The summed E-state index contributed by atoms with van der Waals surface area (Å²) in [5, 5.41) is 4.52. The van der Waals surface area contributed by atoms with Crippen LogP contribution in [-0.4, -0.2) is 37.0 Å². The first kappa shape index (κ1) is 22.9. The van der Waals surface area contributed by atoms with E-state index in [1.165, 1.54) is 5.56 Å². The molecule has 0 unspecified atom stereocenters. The predicted octanol–water partition coefficient (Wildman–Crippen LogP) is 5.35. The second-order valence-corrected chi connectivity index (χ2v) is 8.54. The van der Waals surface area contributed by atoms with Gasteiger partial charge in [-0.1, -0.05) is 41.4 Å². The zero-order chi connectivity index (χ0) is 21.3. The Balaban J connectivity index is 1.35. The third-order valence-corrected chi connectivity index (χ3v) is 6.29. The number of nitrogens with one attached hydrogen (secondary N) is 1. The molecule has 3 rings (SSSR count). The number of hydrogen-bond acceptors (Lipinski definition) is 3. The Hall–Kier alpha value is -1.75. The monoisotopic (exact) mass is 448 g/mol. The molecule has 4 nitrogen and oxygen atoms in total. The number of carbonyl (C=O) groups is 1. The number of halogens is 2. The lowest BCUT2D eigenvalue weighted by Crippen LogP contribution is -2.40. The zero-order valence-corrected chi connectivity index (χ0v) is 19.0. The van der Waals surface area contributed by atoms with Gasteiger partial charge in [-0.05, 0) is 75.5 Å². The van der Waals surface area contributed by atoms with Crippen LogP contribution in [0.4, 0.5) is 0 Å². The lowest BCUT2D eigenvalue weighted by atomic mass is 9.95. The highest BCUT2D eigenvalue weighted by atomic mass is 35.5. The lowest BCUT2D eigenvalue weighted by Gasteiger charge is -2.31. The molecule has 162 valence electrons. The Kier molecular flexibility index (Phi) is 8.86. The van der Waals surface area contributed by atoms with Crippen LogP contribution in [0.25, 0.3) is 0 Å². The summed E-state index contributed by atoms with van der Waals surface area (Å²) in [5.41, 5.74) is 2.23. The first-order chi connectivity index (χ1) is 14.6. The standard InChI is InChI=1S/C24H30Cl2N2O2/c1-2-30-20-10-8-18(9-11-20)5-4-14-27-24(29)19-12-15-28(16-13-19)17-21-22(25)6-3-7-23(21)26/h3,6-11,19H,2,4-5,12-17H2,1H3,(H,27,29). The highest BCUT2D eigenvalue weighted by molar-refractivity contribution is 6.35. The summed E-state index contributed by atoms with van der Waals surface area (Å²) >= 11 is 12.6. The topological polar surface area (TPSA) is 41.6 Å². The molecule has 1 fully saturated rings. The first-order valence-corrected chi connectivity index (χ1v) is 11.5. The summed E-state index contributed by atoms with van der Waals surface area (Å²) in [6.45, 7) is 5.86. The van der Waals surface area contributed by atoms with E-state index < -0.39 is 0 Å². The van der Waals surface area contributed by atoms with Crippen molar-refractivity contribution in [2.75, 3.05) is 26.2 Å². The Morgan fingerprint density at radius 2 is 1.77 bits per heavy atom. The molecule has 0 aromatic heterocycles. The molecule has 6 heteroatoms. The average Bonchev–Trinajstić information content (AvgIpc) is 2.75. The Morgan fingerprint density at radius 1 is 1.10 bits per heavy atom. The number of hydrogen-bond donors (Lipinski definition) is 1. The molecule has 0 aliphatic carbocycles. The lowest BCUT2D eigenvalue weighted by molar-refractivity contribution is -0.126. The normalized spacial score (nSPS) is 15.2. The van der Waals surface area contributed by atoms with Crippen molar-refractivity contribution in [1.82, 2.24) is 10.2 Å². The van der Waals surface area contributed by atoms with Gasteiger partial charge < -0.3 is 10.1 Å². The van der Waals surface area contributed by atoms with Crippen molar-refractivity contribution in [1.29, 1.82) is 0 Å². The van der Waals surface area contributed by atoms with Gasteiger partial charge in [0.2, 0.25) is 5.91 Å². The number of amides is 1. The van der Waals surface area contributed by atoms with Crippen LogP contribution >= 0.6 is 23.2 Å². The first-order valence-electron chi connectivity index (χ1n) is 10.7. The number of benzene rings is 2. The Labute approximate surface area is 189 Å².